The summed E-state index contributed by atoms with van der Waals surface area (Å²) in [6, 6.07) is 0. The van der Waals surface area contributed by atoms with E-state index in [0.717, 1.165) is 0 Å². The zero-order valence-electron chi connectivity index (χ0n) is 9.74. The fourth-order valence-corrected chi connectivity index (χ4v) is 0. The van der Waals surface area contributed by atoms with Gasteiger partial charge in [-0.1, -0.05) is 0 Å². The number of hydrogen-bond acceptors (Lipinski definition) is 15. The minimum Gasteiger partial charge on any atom is -0.369 e. The minimum atomic E-state index is -1.75. The molecule has 0 unspecified atom stereocenters. The van der Waals surface area contributed by atoms with Crippen molar-refractivity contribution in [3.63, 3.8) is 0 Å². The first-order chi connectivity index (χ1) is 8.66. The molecule has 0 bridgehead atoms. The van der Waals surface area contributed by atoms with Crippen molar-refractivity contribution in [1.82, 2.24) is 6.15 Å². The van der Waals surface area contributed by atoms with E-state index in [2.05, 4.69) is 0 Å². The summed E-state index contributed by atoms with van der Waals surface area (Å²) < 4.78 is 0. The summed E-state index contributed by atoms with van der Waals surface area (Å²) in [5.74, 6) is 0. The normalized spacial score (nSPS) is 5.45. The predicted octanol–water partition coefficient (Wildman–Crippen LogP) is -0.822. The number of nitrogens with zero attached hydrogens (tertiary/aromatic N) is 5. The smallest absolute Gasteiger partial charge is 0.0689 e. The number of rotatable bonds is 0. The molecule has 135 valence electrons. The van der Waals surface area contributed by atoms with Crippen molar-refractivity contribution < 1.29 is 45.9 Å². The van der Waals surface area contributed by atoms with E-state index in [-0.39, 0.29) is 26.6 Å². The van der Waals surface area contributed by atoms with Crippen LogP contribution in [0.3, 0.4) is 0 Å². The van der Waals surface area contributed by atoms with E-state index in [1.54, 1.807) is 0 Å². The van der Waals surface area contributed by atoms with Crippen LogP contribution in [0, 0.1) is 76.6 Å². The van der Waals surface area contributed by atoms with Gasteiger partial charge in [0.25, 0.3) is 0 Å². The second kappa shape index (κ2) is 36.0. The van der Waals surface area contributed by atoms with Crippen molar-refractivity contribution >= 4 is 0 Å². The van der Waals surface area contributed by atoms with Gasteiger partial charge in [0.15, 0.2) is 0 Å². The van der Waals surface area contributed by atoms with Crippen molar-refractivity contribution in [1.29, 1.82) is 0 Å². The summed E-state index contributed by atoms with van der Waals surface area (Å²) >= 11 is 0. The third-order valence-electron chi connectivity index (χ3n) is 0. The minimum absolute atomic E-state index is 0. The molecule has 22 heavy (non-hydrogen) atoms. The maximum Gasteiger partial charge on any atom is 0.0689 e. The van der Waals surface area contributed by atoms with Crippen LogP contribution in [-0.2, 0) is 20.4 Å². The summed E-state index contributed by atoms with van der Waals surface area (Å²) in [6.07, 6.45) is 0. The molecule has 0 aromatic rings. The van der Waals surface area contributed by atoms with Crippen LogP contribution in [0.15, 0.2) is 0 Å². The first-order valence-electron chi connectivity index (χ1n) is 2.74. The molecule has 22 heteroatoms. The molecule has 0 aliphatic heterocycles. The van der Waals surface area contributed by atoms with Gasteiger partial charge >= 0.3 is 0 Å². The van der Waals surface area contributed by atoms with Crippen LogP contribution in [-0.4, -0.2) is 25.4 Å². The third-order valence-corrected chi connectivity index (χ3v) is 0. The number of hydrogen-bond donors (Lipinski definition) is 1. The van der Waals surface area contributed by atoms with E-state index in [9.17, 15) is 0 Å². The van der Waals surface area contributed by atoms with Crippen LogP contribution in [0.25, 0.3) is 0 Å². The first-order valence-corrected chi connectivity index (χ1v) is 2.74. The van der Waals surface area contributed by atoms with Crippen molar-refractivity contribution in [2.75, 3.05) is 0 Å². The predicted molar refractivity (Wildman–Crippen MR) is 57.8 cm³/mol. The Labute approximate surface area is 129 Å². The summed E-state index contributed by atoms with van der Waals surface area (Å²) in [5.41, 5.74) is 0. The molecule has 0 aliphatic rings. The Morgan fingerprint density at radius 3 is 0.364 bits per heavy atom. The Balaban J connectivity index is -0.0000000250. The van der Waals surface area contributed by atoms with Gasteiger partial charge in [0, 0.05) is 20.4 Å². The van der Waals surface area contributed by atoms with Gasteiger partial charge in [-0.05, 0) is 0 Å². The molecule has 0 rings (SSSR count). The molecule has 0 saturated heterocycles. The molecule has 0 saturated carbocycles. The fourth-order valence-electron chi connectivity index (χ4n) is 0. The van der Waals surface area contributed by atoms with E-state index in [0.29, 0.717) is 0 Å². The quantitative estimate of drug-likeness (QED) is 0.304. The zero-order valence-corrected chi connectivity index (χ0v) is 12.5. The average molecular weight is 514 g/mol. The van der Waals surface area contributed by atoms with Crippen LogP contribution >= 0.6 is 0 Å². The molecule has 0 aliphatic carbocycles. The summed E-state index contributed by atoms with van der Waals surface area (Å²) in [6.45, 7) is 0. The molecule has 21 nitrogen and oxygen atoms in total. The summed E-state index contributed by atoms with van der Waals surface area (Å²) in [7, 11) is 0. The zero-order chi connectivity index (χ0) is 17.9. The molecule has 0 aromatic heterocycles. The van der Waals surface area contributed by atoms with Crippen molar-refractivity contribution in [3.8, 4) is 0 Å². The summed E-state index contributed by atoms with van der Waals surface area (Å²) in [4.78, 5) is 41.2. The average Bonchev–Trinajstić information content (AvgIpc) is 1.94. The van der Waals surface area contributed by atoms with Gasteiger partial charge in [-0.3, -0.25) is 0 Å². The van der Waals surface area contributed by atoms with Crippen molar-refractivity contribution in [3.05, 3.63) is 76.6 Å². The Morgan fingerprint density at radius 1 is 0.364 bits per heavy atom. The van der Waals surface area contributed by atoms with Crippen LogP contribution in [0.4, 0.5) is 0 Å². The van der Waals surface area contributed by atoms with Crippen molar-refractivity contribution in [2.24, 2.45) is 0 Å². The van der Waals surface area contributed by atoms with Gasteiger partial charge in [-0.2, -0.15) is 0 Å². The van der Waals surface area contributed by atoms with E-state index in [1.165, 1.54) is 0 Å². The molecular weight excluding hydrogens is 510 g/mol. The Kier molecular flexibility index (Phi) is 70.1. The topological polar surface area (TPSA) is 367 Å². The second-order valence-electron chi connectivity index (χ2n) is 1.12. The van der Waals surface area contributed by atoms with Gasteiger partial charge in [-0.25, -0.2) is 0 Å². The molecule has 0 amide bonds. The van der Waals surface area contributed by atoms with Crippen LogP contribution < -0.4 is 6.15 Å². The maximum absolute atomic E-state index is 8.25. The van der Waals surface area contributed by atoms with Gasteiger partial charge in [0.05, 0.1) is 25.4 Å². The number of quaternary nitrogens is 1. The molecule has 4 N–H and O–H groups in total. The van der Waals surface area contributed by atoms with E-state index >= 15 is 0 Å². The van der Waals surface area contributed by atoms with Crippen LogP contribution in [0.1, 0.15) is 0 Å². The molecule has 0 atom stereocenters. The van der Waals surface area contributed by atoms with E-state index in [4.69, 9.17) is 76.6 Å². The maximum atomic E-state index is 8.25. The SMILES string of the molecule is O=[N+]([O-])[O-].O=[N+]([O-])[O-].O=[N+]([O-])[O-].O=[N+]([O-])[O-].O=[N+]([O-])[O-].[NH4+].[Re]. The van der Waals surface area contributed by atoms with E-state index < -0.39 is 25.4 Å². The second-order valence-corrected chi connectivity index (χ2v) is 1.12. The van der Waals surface area contributed by atoms with Crippen LogP contribution in [0.2, 0.25) is 0 Å². The Morgan fingerprint density at radius 2 is 0.364 bits per heavy atom. The first kappa shape index (κ1) is 42.8. The Bertz CT molecular complexity index is 209. The van der Waals surface area contributed by atoms with Crippen LogP contribution in [0.5, 0.6) is 0 Å². The van der Waals surface area contributed by atoms with E-state index in [1.807, 2.05) is 0 Å². The van der Waals surface area contributed by atoms with Crippen molar-refractivity contribution in [2.45, 2.75) is 0 Å². The molecule has 0 aromatic carbocycles. The Hall–Kier alpha value is -3.38. The monoisotopic (exact) mass is 515 g/mol. The van der Waals surface area contributed by atoms with Gasteiger partial charge in [0.1, 0.15) is 0 Å². The third kappa shape index (κ3) is 356. The van der Waals surface area contributed by atoms with Gasteiger partial charge in [0.2, 0.25) is 0 Å². The summed E-state index contributed by atoms with van der Waals surface area (Å²) in [5, 5.41) is 73.8. The molecular formula is H4N6O15Re-4. The molecule has 0 fully saturated rings. The van der Waals surface area contributed by atoms with Gasteiger partial charge in [-0.15, -0.1) is 0 Å². The molecule has 0 heterocycles. The largest absolute Gasteiger partial charge is 0.369 e. The molecule has 1 radical (unpaired) electrons. The van der Waals surface area contributed by atoms with Gasteiger partial charge < -0.3 is 82.8 Å². The fraction of sp³-hybridized carbons (Fsp3) is 0. The standard InChI is InChI=1S/5NO3.H3N.Re/c5*2-1(3)4;;/h;;;;;1H3;/q5*-1;;/p+1. The molecule has 0 spiro atoms.